The van der Waals surface area contributed by atoms with Crippen LogP contribution in [0.4, 0.5) is 11.6 Å². The second-order valence-electron chi connectivity index (χ2n) is 14.1. The summed E-state index contributed by atoms with van der Waals surface area (Å²) < 4.78 is 19.8. The highest BCUT2D eigenvalue weighted by atomic mass is 16.6. The van der Waals surface area contributed by atoms with E-state index in [1.54, 1.807) is 56.6 Å². The van der Waals surface area contributed by atoms with Gasteiger partial charge in [-0.3, -0.25) is 4.79 Å². The average Bonchev–Trinajstić information content (AvgIpc) is 3.13. The maximum absolute atomic E-state index is 13.8. The number of hydrogen-bond acceptors (Lipinski definition) is 12. The quantitative estimate of drug-likeness (QED) is 0.106. The normalized spacial score (nSPS) is 21.1. The number of aromatic nitrogens is 2. The fourth-order valence-corrected chi connectivity index (χ4v) is 7.86. The maximum atomic E-state index is 13.8. The van der Waals surface area contributed by atoms with Gasteiger partial charge in [-0.15, -0.1) is 0 Å². The Balaban J connectivity index is 1.57. The van der Waals surface area contributed by atoms with E-state index in [1.165, 1.54) is 0 Å². The predicted octanol–water partition coefficient (Wildman–Crippen LogP) is 5.40. The van der Waals surface area contributed by atoms with E-state index in [9.17, 15) is 24.9 Å². The van der Waals surface area contributed by atoms with Crippen molar-refractivity contribution in [2.75, 3.05) is 11.5 Å². The number of aliphatic hydroxyl groups excluding tert-OH is 1. The number of hydrogen-bond donors (Lipinski definition) is 5. The molecule has 5 heterocycles. The monoisotopic (exact) mass is 718 g/mol. The Morgan fingerprint density at radius 1 is 1.08 bits per heavy atom. The molecule has 0 amide bonds. The number of aromatic hydroxyl groups is 2. The number of phenolic OH excluding ortho intramolecular Hbond substituents is 2. The smallest absolute Gasteiger partial charge is 0.333 e. The van der Waals surface area contributed by atoms with Crippen molar-refractivity contribution in [3.05, 3.63) is 122 Å². The van der Waals surface area contributed by atoms with Gasteiger partial charge in [-0.25, -0.2) is 14.8 Å². The number of nitrogen functional groups attached to an aromatic ring is 2. The van der Waals surface area contributed by atoms with Crippen LogP contribution in [0.1, 0.15) is 72.3 Å². The molecule has 5 aromatic rings. The number of phenols is 2. The molecule has 4 atom stereocenters. The first-order chi connectivity index (χ1) is 25.4. The largest absolute Gasteiger partial charge is 0.508 e. The molecule has 53 heavy (non-hydrogen) atoms. The zero-order valence-electron chi connectivity index (χ0n) is 29.8. The third kappa shape index (κ3) is 6.43. The minimum Gasteiger partial charge on any atom is -0.508 e. The third-order valence-corrected chi connectivity index (χ3v) is 10.9. The Labute approximate surface area is 305 Å². The Morgan fingerprint density at radius 3 is 2.60 bits per heavy atom. The number of nitrogens with zero attached hydrogens (tertiary/aromatic N) is 2. The van der Waals surface area contributed by atoms with Crippen LogP contribution in [-0.4, -0.2) is 43.0 Å². The van der Waals surface area contributed by atoms with Crippen LogP contribution in [0.5, 0.6) is 17.2 Å². The van der Waals surface area contributed by atoms with Gasteiger partial charge in [0, 0.05) is 53.4 Å². The Kier molecular flexibility index (Phi) is 9.33. The van der Waals surface area contributed by atoms with Crippen LogP contribution in [0.25, 0.3) is 11.0 Å². The van der Waals surface area contributed by atoms with Crippen LogP contribution in [0.2, 0.25) is 0 Å². The number of rotatable bonds is 7. The van der Waals surface area contributed by atoms with E-state index >= 15 is 0 Å². The van der Waals surface area contributed by atoms with Crippen LogP contribution in [0.3, 0.4) is 0 Å². The zero-order chi connectivity index (χ0) is 37.6. The number of allylic oxidation sites excluding steroid dienone is 1. The molecule has 2 aliphatic heterocycles. The number of fused-ring (bicyclic) bond motifs is 4. The molecule has 0 saturated heterocycles. The number of benzene rings is 2. The molecule has 4 unspecified atom stereocenters. The molecule has 12 nitrogen and oxygen atoms in total. The van der Waals surface area contributed by atoms with E-state index in [0.717, 1.165) is 28.3 Å². The first-order valence-electron chi connectivity index (χ1n) is 17.6. The minimum atomic E-state index is -1.22. The van der Waals surface area contributed by atoms with Gasteiger partial charge in [-0.05, 0) is 93.0 Å². The van der Waals surface area contributed by atoms with Crippen LogP contribution in [0.15, 0.2) is 81.8 Å². The van der Waals surface area contributed by atoms with E-state index < -0.39 is 35.6 Å². The molecule has 0 fully saturated rings. The summed E-state index contributed by atoms with van der Waals surface area (Å²) in [7, 11) is 0. The summed E-state index contributed by atoms with van der Waals surface area (Å²) in [6.45, 7) is 4.75. The SMILES string of the molecule is CC=C(C)C(=O)OC1Cc2c3c(c4oc(CO)cc(=O)c4c2O)C(Cc2cccc(O)c2)c2ccnc(N)c2CCC(Cc2ccc(N)nc2)C1(C)O3. The molecule has 7 rings (SSSR count). The summed E-state index contributed by atoms with van der Waals surface area (Å²) in [4.78, 5) is 36.1. The average molecular weight is 719 g/mol. The van der Waals surface area contributed by atoms with Crippen molar-refractivity contribution >= 4 is 28.6 Å². The van der Waals surface area contributed by atoms with Crippen molar-refractivity contribution < 1.29 is 34.0 Å². The summed E-state index contributed by atoms with van der Waals surface area (Å²) in [6, 6.07) is 13.5. The van der Waals surface area contributed by atoms with Gasteiger partial charge in [-0.1, -0.05) is 24.3 Å². The number of esters is 1. The summed E-state index contributed by atoms with van der Waals surface area (Å²) in [6.07, 6.45) is 5.83. The molecule has 0 saturated carbocycles. The molecule has 2 aliphatic rings. The predicted molar refractivity (Wildman–Crippen MR) is 199 cm³/mol. The van der Waals surface area contributed by atoms with Crippen molar-refractivity contribution in [3.63, 3.8) is 0 Å². The highest BCUT2D eigenvalue weighted by Gasteiger charge is 2.52. The van der Waals surface area contributed by atoms with Crippen LogP contribution in [-0.2, 0) is 41.8 Å². The number of anilines is 2. The Hall–Kier alpha value is -5.88. The van der Waals surface area contributed by atoms with E-state index in [0.29, 0.717) is 48.5 Å². The van der Waals surface area contributed by atoms with Crippen molar-refractivity contribution in [1.82, 2.24) is 9.97 Å². The number of pyridine rings is 2. The molecule has 12 heteroatoms. The molecule has 2 aromatic carbocycles. The van der Waals surface area contributed by atoms with Gasteiger partial charge >= 0.3 is 5.97 Å². The van der Waals surface area contributed by atoms with Gasteiger partial charge in [0.25, 0.3) is 0 Å². The first-order valence-corrected chi connectivity index (χ1v) is 17.6. The lowest BCUT2D eigenvalue weighted by Crippen LogP contribution is -2.57. The van der Waals surface area contributed by atoms with Gasteiger partial charge < -0.3 is 40.7 Å². The number of nitrogens with two attached hydrogens (primary N) is 2. The number of aliphatic hydroxyl groups is 1. The van der Waals surface area contributed by atoms with Crippen molar-refractivity contribution in [1.29, 1.82) is 0 Å². The molecule has 2 bridgehead atoms. The third-order valence-electron chi connectivity index (χ3n) is 10.9. The van der Waals surface area contributed by atoms with Gasteiger partial charge in [0.15, 0.2) is 5.43 Å². The van der Waals surface area contributed by atoms with Crippen molar-refractivity contribution in [2.24, 2.45) is 5.92 Å². The standard InChI is InChI=1S/C41H42N4O8/c1-4-21(2)40(50)52-32-18-30-36(49)35-31(48)17-26(20-46)51-38(35)34-29(16-22-6-5-7-25(47)15-22)27-12-13-44-39(43)28(27)10-9-24(41(32,3)53-37(30)34)14-23-8-11-33(42)45-19-23/h4-8,11-13,15,17,19,24,29,32,46-47,49H,9-10,14,16,18,20H2,1-3H3,(H2,42,45)(H2,43,44). The topological polar surface area (TPSA) is 204 Å². The second-order valence-corrected chi connectivity index (χ2v) is 14.1. The molecule has 274 valence electrons. The first kappa shape index (κ1) is 35.5. The summed E-state index contributed by atoms with van der Waals surface area (Å²) in [5, 5.41) is 32.6. The number of carbonyl (C=O) groups is 1. The molecular weight excluding hydrogens is 676 g/mol. The number of carbonyl (C=O) groups excluding carboxylic acids is 1. The molecule has 0 radical (unpaired) electrons. The molecule has 3 aromatic heterocycles. The summed E-state index contributed by atoms with van der Waals surface area (Å²) in [5.41, 5.74) is 15.3. The van der Waals surface area contributed by atoms with Gasteiger partial charge in [-0.2, -0.15) is 0 Å². The Morgan fingerprint density at radius 2 is 1.89 bits per heavy atom. The van der Waals surface area contributed by atoms with E-state index in [4.69, 9.17) is 25.4 Å². The highest BCUT2D eigenvalue weighted by Crippen LogP contribution is 2.53. The van der Waals surface area contributed by atoms with E-state index in [1.807, 2.05) is 25.1 Å². The molecule has 0 spiro atoms. The summed E-state index contributed by atoms with van der Waals surface area (Å²) >= 11 is 0. The summed E-state index contributed by atoms with van der Waals surface area (Å²) in [5.74, 6) is -0.781. The van der Waals surface area contributed by atoms with Crippen molar-refractivity contribution in [2.45, 2.75) is 77.1 Å². The van der Waals surface area contributed by atoms with Crippen LogP contribution < -0.4 is 21.6 Å². The fourth-order valence-electron chi connectivity index (χ4n) is 7.86. The van der Waals surface area contributed by atoms with Crippen LogP contribution in [0, 0.1) is 5.92 Å². The lowest BCUT2D eigenvalue weighted by Gasteiger charge is -2.48. The zero-order valence-corrected chi connectivity index (χ0v) is 29.8. The molecular formula is C41H42N4O8. The number of ether oxygens (including phenoxy) is 2. The van der Waals surface area contributed by atoms with E-state index in [2.05, 4.69) is 9.97 Å². The van der Waals surface area contributed by atoms with Gasteiger partial charge in [0.2, 0.25) is 0 Å². The minimum absolute atomic E-state index is 0.00157. The lowest BCUT2D eigenvalue weighted by molar-refractivity contribution is -0.165. The van der Waals surface area contributed by atoms with E-state index in [-0.39, 0.29) is 51.9 Å². The highest BCUT2D eigenvalue weighted by molar-refractivity contribution is 5.92. The maximum Gasteiger partial charge on any atom is 0.333 e. The van der Waals surface area contributed by atoms with Crippen molar-refractivity contribution in [3.8, 4) is 17.2 Å². The lowest BCUT2D eigenvalue weighted by atomic mass is 9.71. The van der Waals surface area contributed by atoms with Crippen LogP contribution >= 0.6 is 0 Å². The van der Waals surface area contributed by atoms with Gasteiger partial charge in [0.05, 0.1) is 0 Å². The molecule has 0 aliphatic carbocycles. The Bertz CT molecular complexity index is 2320. The van der Waals surface area contributed by atoms with Gasteiger partial charge in [0.1, 0.15) is 63.9 Å². The second kappa shape index (κ2) is 13.9. The fraction of sp³-hybridized carbons (Fsp3) is 0.317. The molecule has 7 N–H and O–H groups in total.